The molecule has 0 amide bonds. The largest absolute Gasteiger partial charge is 0.409 e. The molecule has 1 aliphatic heterocycles. The van der Waals surface area contributed by atoms with Gasteiger partial charge in [0.05, 0.1) is 15.8 Å². The highest BCUT2D eigenvalue weighted by molar-refractivity contribution is 9.10. The molecule has 1 aromatic heterocycles. The van der Waals surface area contributed by atoms with Crippen LogP contribution in [0.15, 0.2) is 56.9 Å². The van der Waals surface area contributed by atoms with Gasteiger partial charge in [-0.1, -0.05) is 17.3 Å². The summed E-state index contributed by atoms with van der Waals surface area (Å²) in [5, 5.41) is 25.6. The van der Waals surface area contributed by atoms with Gasteiger partial charge in [-0.05, 0) is 63.4 Å². The number of sulfonamides is 1. The number of rotatable bonds is 7. The number of nitrogens with zero attached hydrogens (tertiary/aromatic N) is 4. The molecule has 0 saturated heterocycles. The molecule has 1 atom stereocenters. The molecule has 2 heterocycles. The fourth-order valence-electron chi connectivity index (χ4n) is 3.00. The van der Waals surface area contributed by atoms with Gasteiger partial charge >= 0.3 is 0 Å². The third-order valence-electron chi connectivity index (χ3n) is 4.72. The Morgan fingerprint density at radius 2 is 2.16 bits per heavy atom. The van der Waals surface area contributed by atoms with Crippen LogP contribution in [0.4, 0.5) is 15.9 Å². The summed E-state index contributed by atoms with van der Waals surface area (Å²) >= 11 is 3.08. The molecule has 164 valence electrons. The Hall–Kier alpha value is -2.93. The maximum absolute atomic E-state index is 13.4. The molecule has 2 aliphatic rings. The highest BCUT2D eigenvalue weighted by Gasteiger charge is 2.41. The summed E-state index contributed by atoms with van der Waals surface area (Å²) in [6, 6.07) is 3.67. The van der Waals surface area contributed by atoms with Crippen LogP contribution in [0.1, 0.15) is 18.5 Å². The molecular weight excluding hydrogens is 495 g/mol. The number of anilines is 2. The first-order chi connectivity index (χ1) is 14.9. The SMILES string of the molecule is O=S(=O)(C1CC1)N1C=CC=CC1CNc1nonc1/C(=N/O)Nc1ccc(F)c(Br)c1. The lowest BCUT2D eigenvalue weighted by atomic mass is 10.2. The molecule has 1 fully saturated rings. The van der Waals surface area contributed by atoms with E-state index in [0.717, 1.165) is 0 Å². The van der Waals surface area contributed by atoms with E-state index in [-0.39, 0.29) is 33.6 Å². The van der Waals surface area contributed by atoms with Crippen molar-refractivity contribution in [3.8, 4) is 0 Å². The van der Waals surface area contributed by atoms with E-state index >= 15 is 0 Å². The van der Waals surface area contributed by atoms with Gasteiger partial charge in [-0.25, -0.2) is 17.4 Å². The van der Waals surface area contributed by atoms with E-state index in [4.69, 9.17) is 4.63 Å². The minimum atomic E-state index is -3.42. The molecule has 2 aromatic rings. The second-order valence-corrected chi connectivity index (χ2v) is 9.89. The van der Waals surface area contributed by atoms with Gasteiger partial charge in [-0.15, -0.1) is 0 Å². The third kappa shape index (κ3) is 4.56. The summed E-state index contributed by atoms with van der Waals surface area (Å²) in [5.41, 5.74) is 0.493. The summed E-state index contributed by atoms with van der Waals surface area (Å²) in [7, 11) is -3.42. The summed E-state index contributed by atoms with van der Waals surface area (Å²) in [6.45, 7) is 0.175. The van der Waals surface area contributed by atoms with Crippen LogP contribution in [0.25, 0.3) is 0 Å². The number of benzene rings is 1. The predicted octanol–water partition coefficient (Wildman–Crippen LogP) is 2.88. The van der Waals surface area contributed by atoms with E-state index in [1.165, 1.54) is 28.7 Å². The zero-order valence-electron chi connectivity index (χ0n) is 15.9. The molecule has 4 rings (SSSR count). The number of oxime groups is 1. The summed E-state index contributed by atoms with van der Waals surface area (Å²) < 4.78 is 45.1. The van der Waals surface area contributed by atoms with E-state index < -0.39 is 21.9 Å². The molecule has 0 bridgehead atoms. The number of hydrogen-bond acceptors (Lipinski definition) is 8. The Morgan fingerprint density at radius 3 is 2.87 bits per heavy atom. The first-order valence-corrected chi connectivity index (χ1v) is 11.6. The summed E-state index contributed by atoms with van der Waals surface area (Å²) in [6.07, 6.45) is 8.05. The molecule has 13 heteroatoms. The van der Waals surface area contributed by atoms with Crippen molar-refractivity contribution in [1.82, 2.24) is 14.6 Å². The summed E-state index contributed by atoms with van der Waals surface area (Å²) in [5.74, 6) is -0.393. The molecule has 1 unspecified atom stereocenters. The third-order valence-corrected chi connectivity index (χ3v) is 7.62. The lowest BCUT2D eigenvalue weighted by molar-refractivity contribution is 0.304. The maximum Gasteiger partial charge on any atom is 0.238 e. The normalized spacial score (nSPS) is 19.0. The Balaban J connectivity index is 1.48. The quantitative estimate of drug-likeness (QED) is 0.223. The van der Waals surface area contributed by atoms with Crippen molar-refractivity contribution in [2.75, 3.05) is 17.2 Å². The molecule has 31 heavy (non-hydrogen) atoms. The number of halogens is 2. The van der Waals surface area contributed by atoms with Crippen molar-refractivity contribution < 1.29 is 22.6 Å². The van der Waals surface area contributed by atoms with Crippen molar-refractivity contribution in [2.24, 2.45) is 5.16 Å². The molecule has 1 saturated carbocycles. The number of nitrogens with one attached hydrogen (secondary N) is 2. The lowest BCUT2D eigenvalue weighted by Crippen LogP contribution is -2.42. The molecule has 1 aromatic carbocycles. The van der Waals surface area contributed by atoms with Crippen LogP contribution in [0.5, 0.6) is 0 Å². The zero-order chi connectivity index (χ0) is 22.0. The second kappa shape index (κ2) is 8.67. The molecule has 0 spiro atoms. The first kappa shape index (κ1) is 21.3. The van der Waals surface area contributed by atoms with Gasteiger partial charge in [0.15, 0.2) is 5.69 Å². The molecule has 3 N–H and O–H groups in total. The van der Waals surface area contributed by atoms with E-state index in [1.54, 1.807) is 18.2 Å². The zero-order valence-corrected chi connectivity index (χ0v) is 18.3. The highest BCUT2D eigenvalue weighted by Crippen LogP contribution is 2.33. The topological polar surface area (TPSA) is 133 Å². The van der Waals surface area contributed by atoms with E-state index in [9.17, 15) is 18.0 Å². The Morgan fingerprint density at radius 1 is 1.35 bits per heavy atom. The van der Waals surface area contributed by atoms with Gasteiger partial charge < -0.3 is 15.8 Å². The van der Waals surface area contributed by atoms with Gasteiger partial charge in [-0.2, -0.15) is 0 Å². The van der Waals surface area contributed by atoms with Crippen LogP contribution in [0.2, 0.25) is 0 Å². The van der Waals surface area contributed by atoms with Crippen molar-refractivity contribution in [3.63, 3.8) is 0 Å². The van der Waals surface area contributed by atoms with Crippen LogP contribution in [0, 0.1) is 5.82 Å². The molecule has 10 nitrogen and oxygen atoms in total. The van der Waals surface area contributed by atoms with Crippen molar-refractivity contribution in [3.05, 3.63) is 58.6 Å². The van der Waals surface area contributed by atoms with Crippen molar-refractivity contribution in [2.45, 2.75) is 24.1 Å². The first-order valence-electron chi connectivity index (χ1n) is 9.28. The average Bonchev–Trinajstić information content (AvgIpc) is 3.53. The van der Waals surface area contributed by atoms with Crippen molar-refractivity contribution >= 4 is 43.3 Å². The average molecular weight is 513 g/mol. The summed E-state index contributed by atoms with van der Waals surface area (Å²) in [4.78, 5) is 0. The van der Waals surface area contributed by atoms with Crippen LogP contribution in [0.3, 0.4) is 0 Å². The molecular formula is C18H18BrFN6O4S. The van der Waals surface area contributed by atoms with Gasteiger partial charge in [0.25, 0.3) is 0 Å². The number of amidine groups is 1. The van der Waals surface area contributed by atoms with Crippen LogP contribution >= 0.6 is 15.9 Å². The van der Waals surface area contributed by atoms with Crippen LogP contribution in [-0.4, -0.2) is 51.9 Å². The fraction of sp³-hybridized carbons (Fsp3) is 0.278. The van der Waals surface area contributed by atoms with E-state index in [0.29, 0.717) is 18.5 Å². The van der Waals surface area contributed by atoms with Gasteiger partial charge in [0.2, 0.25) is 21.7 Å². The fourth-order valence-corrected chi connectivity index (χ4v) is 5.21. The maximum atomic E-state index is 13.4. The minimum Gasteiger partial charge on any atom is -0.409 e. The van der Waals surface area contributed by atoms with Crippen LogP contribution < -0.4 is 10.6 Å². The van der Waals surface area contributed by atoms with Crippen molar-refractivity contribution in [1.29, 1.82) is 0 Å². The number of aromatic nitrogens is 2. The van der Waals surface area contributed by atoms with Gasteiger partial charge in [-0.3, -0.25) is 4.31 Å². The Bertz CT molecular complexity index is 1160. The number of hydrogen-bond donors (Lipinski definition) is 3. The molecule has 0 radical (unpaired) electrons. The highest BCUT2D eigenvalue weighted by atomic mass is 79.9. The minimum absolute atomic E-state index is 0.0647. The predicted molar refractivity (Wildman–Crippen MR) is 115 cm³/mol. The molecule has 1 aliphatic carbocycles. The smallest absolute Gasteiger partial charge is 0.238 e. The lowest BCUT2D eigenvalue weighted by Gasteiger charge is -2.29. The monoisotopic (exact) mass is 512 g/mol. The van der Waals surface area contributed by atoms with Crippen LogP contribution in [-0.2, 0) is 10.0 Å². The van der Waals surface area contributed by atoms with Gasteiger partial charge in [0.1, 0.15) is 5.82 Å². The van der Waals surface area contributed by atoms with Gasteiger partial charge in [0, 0.05) is 18.4 Å². The van der Waals surface area contributed by atoms with E-state index in [2.05, 4.69) is 42.0 Å². The number of allylic oxidation sites excluding steroid dienone is 2. The second-order valence-electron chi connectivity index (χ2n) is 6.91. The standard InChI is InChI=1S/C18H18BrFN6O4S/c19-14-9-11(4-7-15(14)20)22-18(23-27)16-17(25-30-24-16)21-10-12-3-1-2-8-26(12)31(28,29)13-5-6-13/h1-4,7-9,12-13,27H,5-6,10H2,(H,21,25)(H,22,23). The Labute approximate surface area is 185 Å². The Kier molecular flexibility index (Phi) is 5.96. The van der Waals surface area contributed by atoms with E-state index in [1.807, 2.05) is 0 Å².